The van der Waals surface area contributed by atoms with Crippen molar-refractivity contribution in [2.75, 3.05) is 71.0 Å². The number of hydrogen-bond acceptors (Lipinski definition) is 6. The van der Waals surface area contributed by atoms with E-state index in [2.05, 4.69) is 15.1 Å². The van der Waals surface area contributed by atoms with Crippen LogP contribution in [0.25, 0.3) is 0 Å². The lowest BCUT2D eigenvalue weighted by Gasteiger charge is -2.39. The Bertz CT molecular complexity index is 941. The lowest BCUT2D eigenvalue weighted by atomic mass is 10.0. The summed E-state index contributed by atoms with van der Waals surface area (Å²) < 4.78 is 11.0. The van der Waals surface area contributed by atoms with Gasteiger partial charge in [0.1, 0.15) is 11.8 Å². The second-order valence-electron chi connectivity index (χ2n) is 8.54. The van der Waals surface area contributed by atoms with Crippen molar-refractivity contribution in [3.05, 3.63) is 60.2 Å². The lowest BCUT2D eigenvalue weighted by molar-refractivity contribution is -0.137. The number of para-hydroxylation sites is 2. The van der Waals surface area contributed by atoms with E-state index >= 15 is 0 Å². The van der Waals surface area contributed by atoms with Crippen molar-refractivity contribution in [2.24, 2.45) is 0 Å². The lowest BCUT2D eigenvalue weighted by Crippen LogP contribution is -2.53. The van der Waals surface area contributed by atoms with E-state index in [4.69, 9.17) is 9.47 Å². The minimum atomic E-state index is -0.423. The molecule has 34 heavy (non-hydrogen) atoms. The van der Waals surface area contributed by atoms with Gasteiger partial charge in [0.2, 0.25) is 11.8 Å². The predicted octanol–water partition coefficient (Wildman–Crippen LogP) is 2.24. The van der Waals surface area contributed by atoms with E-state index < -0.39 is 6.04 Å². The van der Waals surface area contributed by atoms with Crippen molar-refractivity contribution in [1.29, 1.82) is 0 Å². The summed E-state index contributed by atoms with van der Waals surface area (Å²) in [7, 11) is 0. The summed E-state index contributed by atoms with van der Waals surface area (Å²) in [5, 5.41) is 3.09. The molecule has 182 valence electrons. The Morgan fingerprint density at radius 1 is 0.941 bits per heavy atom. The van der Waals surface area contributed by atoms with Crippen LogP contribution in [-0.2, 0) is 14.3 Å². The number of piperazine rings is 1. The Kier molecular flexibility index (Phi) is 8.51. The number of morpholine rings is 1. The smallest absolute Gasteiger partial charge is 0.246 e. The van der Waals surface area contributed by atoms with Gasteiger partial charge in [-0.1, -0.05) is 42.5 Å². The van der Waals surface area contributed by atoms with Crippen LogP contribution >= 0.6 is 0 Å². The van der Waals surface area contributed by atoms with Crippen molar-refractivity contribution < 1.29 is 19.1 Å². The van der Waals surface area contributed by atoms with Gasteiger partial charge in [-0.15, -0.1) is 0 Å². The highest BCUT2D eigenvalue weighted by Gasteiger charge is 2.32. The minimum absolute atomic E-state index is 0.0869. The van der Waals surface area contributed by atoms with Crippen molar-refractivity contribution in [3.8, 4) is 5.75 Å². The summed E-state index contributed by atoms with van der Waals surface area (Å²) in [6, 6.07) is 16.9. The van der Waals surface area contributed by atoms with Crippen molar-refractivity contribution in [2.45, 2.75) is 13.0 Å². The van der Waals surface area contributed by atoms with Crippen LogP contribution in [0.15, 0.2) is 54.6 Å². The number of benzene rings is 2. The maximum Gasteiger partial charge on any atom is 0.246 e. The third-order valence-electron chi connectivity index (χ3n) is 6.30. The number of rotatable bonds is 8. The maximum atomic E-state index is 13.5. The quantitative estimate of drug-likeness (QED) is 0.643. The standard InChI is InChI=1S/C26H34N4O4/c1-2-34-23-11-7-6-10-22(23)27-26(32)25(21-8-4-3-5-9-21)30-14-12-28(13-15-30)20-24(31)29-16-18-33-19-17-29/h3-11,25H,2,12-20H2,1H3,(H,27,32)/t25-/m0/s1. The third-order valence-corrected chi connectivity index (χ3v) is 6.30. The number of carbonyl (C=O) groups excluding carboxylic acids is 2. The first-order valence-electron chi connectivity index (χ1n) is 12.0. The molecule has 4 rings (SSSR count). The number of anilines is 1. The molecule has 2 aliphatic heterocycles. The normalized spacial score (nSPS) is 18.3. The molecular formula is C26H34N4O4. The third kappa shape index (κ3) is 6.14. The van der Waals surface area contributed by atoms with E-state index in [0.29, 0.717) is 64.0 Å². The molecule has 0 aromatic heterocycles. The van der Waals surface area contributed by atoms with Gasteiger partial charge >= 0.3 is 0 Å². The van der Waals surface area contributed by atoms with Gasteiger partial charge in [-0.25, -0.2) is 0 Å². The van der Waals surface area contributed by atoms with Crippen LogP contribution < -0.4 is 10.1 Å². The van der Waals surface area contributed by atoms with Crippen LogP contribution in [-0.4, -0.2) is 92.1 Å². The highest BCUT2D eigenvalue weighted by atomic mass is 16.5. The molecule has 0 spiro atoms. The second-order valence-corrected chi connectivity index (χ2v) is 8.54. The van der Waals surface area contributed by atoms with Crippen molar-refractivity contribution in [3.63, 3.8) is 0 Å². The molecule has 2 fully saturated rings. The molecule has 0 bridgehead atoms. The molecule has 0 unspecified atom stereocenters. The molecule has 2 heterocycles. The van der Waals surface area contributed by atoms with E-state index in [1.165, 1.54) is 0 Å². The Morgan fingerprint density at radius 3 is 2.32 bits per heavy atom. The van der Waals surface area contributed by atoms with Gasteiger partial charge in [0.15, 0.2) is 0 Å². The van der Waals surface area contributed by atoms with Gasteiger partial charge in [0.05, 0.1) is 32.1 Å². The molecule has 2 aliphatic rings. The summed E-state index contributed by atoms with van der Waals surface area (Å²) in [4.78, 5) is 32.4. The molecule has 1 atom stereocenters. The highest BCUT2D eigenvalue weighted by molar-refractivity contribution is 5.96. The van der Waals surface area contributed by atoms with Gasteiger partial charge in [-0.2, -0.15) is 0 Å². The number of hydrogen-bond donors (Lipinski definition) is 1. The molecule has 2 aromatic rings. The van der Waals surface area contributed by atoms with E-state index in [1.54, 1.807) is 0 Å². The molecule has 0 saturated carbocycles. The first kappa shape index (κ1) is 24.2. The summed E-state index contributed by atoms with van der Waals surface area (Å²) in [5.74, 6) is 0.731. The van der Waals surface area contributed by atoms with Gasteiger partial charge in [0, 0.05) is 39.3 Å². The van der Waals surface area contributed by atoms with Gasteiger partial charge in [-0.3, -0.25) is 19.4 Å². The number of carbonyl (C=O) groups is 2. The Morgan fingerprint density at radius 2 is 1.62 bits per heavy atom. The molecule has 2 saturated heterocycles. The fourth-order valence-corrected chi connectivity index (χ4v) is 4.50. The summed E-state index contributed by atoms with van der Waals surface area (Å²) in [6.07, 6.45) is 0. The SMILES string of the molecule is CCOc1ccccc1NC(=O)[C@H](c1ccccc1)N1CCN(CC(=O)N2CCOCC2)CC1. The highest BCUT2D eigenvalue weighted by Crippen LogP contribution is 2.28. The molecule has 1 N–H and O–H groups in total. The Hall–Kier alpha value is -2.94. The molecule has 0 radical (unpaired) electrons. The van der Waals surface area contributed by atoms with E-state index in [1.807, 2.05) is 66.4 Å². The van der Waals surface area contributed by atoms with E-state index in [-0.39, 0.29) is 11.8 Å². The second kappa shape index (κ2) is 12.0. The monoisotopic (exact) mass is 466 g/mol. The van der Waals surface area contributed by atoms with Gasteiger partial charge in [-0.05, 0) is 24.6 Å². The van der Waals surface area contributed by atoms with Crippen LogP contribution in [0.3, 0.4) is 0 Å². The Labute approximate surface area is 201 Å². The zero-order valence-corrected chi connectivity index (χ0v) is 19.8. The van der Waals surface area contributed by atoms with E-state index in [0.717, 1.165) is 18.7 Å². The van der Waals surface area contributed by atoms with Crippen LogP contribution in [0.1, 0.15) is 18.5 Å². The van der Waals surface area contributed by atoms with Gasteiger partial charge in [0.25, 0.3) is 0 Å². The fourth-order valence-electron chi connectivity index (χ4n) is 4.50. The average Bonchev–Trinajstić information content (AvgIpc) is 2.88. The molecule has 8 nitrogen and oxygen atoms in total. The topological polar surface area (TPSA) is 74.4 Å². The summed E-state index contributed by atoms with van der Waals surface area (Å²) in [6.45, 7) is 8.31. The first-order valence-corrected chi connectivity index (χ1v) is 12.0. The van der Waals surface area contributed by atoms with E-state index in [9.17, 15) is 9.59 Å². The average molecular weight is 467 g/mol. The van der Waals surface area contributed by atoms with Crippen LogP contribution in [0.2, 0.25) is 0 Å². The zero-order chi connectivity index (χ0) is 23.8. The largest absolute Gasteiger partial charge is 0.492 e. The number of nitrogens with zero attached hydrogens (tertiary/aromatic N) is 3. The summed E-state index contributed by atoms with van der Waals surface area (Å²) in [5.41, 5.74) is 1.62. The van der Waals surface area contributed by atoms with Crippen LogP contribution in [0.5, 0.6) is 5.75 Å². The molecule has 2 aromatic carbocycles. The maximum absolute atomic E-state index is 13.5. The summed E-state index contributed by atoms with van der Waals surface area (Å²) >= 11 is 0. The predicted molar refractivity (Wildman–Crippen MR) is 131 cm³/mol. The molecular weight excluding hydrogens is 432 g/mol. The molecule has 0 aliphatic carbocycles. The van der Waals surface area contributed by atoms with Crippen LogP contribution in [0, 0.1) is 0 Å². The fraction of sp³-hybridized carbons (Fsp3) is 0.462. The van der Waals surface area contributed by atoms with Crippen LogP contribution in [0.4, 0.5) is 5.69 Å². The first-order chi connectivity index (χ1) is 16.7. The molecule has 8 heteroatoms. The zero-order valence-electron chi connectivity index (χ0n) is 19.8. The Balaban J connectivity index is 1.42. The van der Waals surface area contributed by atoms with Crippen molar-refractivity contribution in [1.82, 2.24) is 14.7 Å². The number of amides is 2. The number of ether oxygens (including phenoxy) is 2. The number of nitrogens with one attached hydrogen (secondary N) is 1. The minimum Gasteiger partial charge on any atom is -0.492 e. The van der Waals surface area contributed by atoms with Crippen molar-refractivity contribution >= 4 is 17.5 Å². The molecule has 2 amide bonds. The van der Waals surface area contributed by atoms with Gasteiger partial charge < -0.3 is 19.7 Å².